The molecule has 0 amide bonds. The molecule has 0 saturated heterocycles. The third kappa shape index (κ3) is 1.68. The average molecular weight is 176 g/mol. The molecule has 1 aromatic rings. The lowest BCUT2D eigenvalue weighted by atomic mass is 9.94. The van der Waals surface area contributed by atoms with Crippen LogP contribution in [0.1, 0.15) is 24.5 Å². The van der Waals surface area contributed by atoms with E-state index in [0.717, 1.165) is 18.7 Å². The standard InChI is InChI=1S/C11H16N2/c1-2-11-6-8-3-4-10(12)5-9(8)7-13-11/h3-5,11,13H,2,6-7,12H2,1H3. The van der Waals surface area contributed by atoms with Crippen LogP contribution in [0.2, 0.25) is 0 Å². The van der Waals surface area contributed by atoms with Crippen LogP contribution >= 0.6 is 0 Å². The van der Waals surface area contributed by atoms with E-state index in [2.05, 4.69) is 24.4 Å². The maximum atomic E-state index is 5.72. The highest BCUT2D eigenvalue weighted by atomic mass is 14.9. The molecule has 0 bridgehead atoms. The van der Waals surface area contributed by atoms with Gasteiger partial charge in [0.1, 0.15) is 0 Å². The number of nitrogens with one attached hydrogen (secondary N) is 1. The van der Waals surface area contributed by atoms with E-state index in [1.165, 1.54) is 17.5 Å². The van der Waals surface area contributed by atoms with Gasteiger partial charge in [-0.2, -0.15) is 0 Å². The van der Waals surface area contributed by atoms with Crippen LogP contribution in [0, 0.1) is 0 Å². The highest BCUT2D eigenvalue weighted by molar-refractivity contribution is 5.45. The molecular formula is C11H16N2. The van der Waals surface area contributed by atoms with Crippen molar-refractivity contribution < 1.29 is 0 Å². The largest absolute Gasteiger partial charge is 0.399 e. The number of fused-ring (bicyclic) bond motifs is 1. The molecule has 0 fully saturated rings. The van der Waals surface area contributed by atoms with Gasteiger partial charge in [0.15, 0.2) is 0 Å². The Hall–Kier alpha value is -1.02. The van der Waals surface area contributed by atoms with Crippen molar-refractivity contribution in [3.05, 3.63) is 29.3 Å². The normalized spacial score (nSPS) is 21.2. The van der Waals surface area contributed by atoms with Crippen molar-refractivity contribution in [1.82, 2.24) is 5.32 Å². The Morgan fingerprint density at radius 3 is 3.08 bits per heavy atom. The zero-order valence-electron chi connectivity index (χ0n) is 8.01. The third-order valence-electron chi connectivity index (χ3n) is 2.77. The molecule has 1 atom stereocenters. The van der Waals surface area contributed by atoms with Gasteiger partial charge in [-0.25, -0.2) is 0 Å². The number of rotatable bonds is 1. The summed E-state index contributed by atoms with van der Waals surface area (Å²) < 4.78 is 0. The molecule has 70 valence electrons. The van der Waals surface area contributed by atoms with Crippen LogP contribution in [-0.2, 0) is 13.0 Å². The van der Waals surface area contributed by atoms with E-state index in [1.807, 2.05) is 6.07 Å². The molecule has 1 aromatic carbocycles. The second-order valence-corrected chi connectivity index (χ2v) is 3.72. The smallest absolute Gasteiger partial charge is 0.0317 e. The second kappa shape index (κ2) is 3.38. The minimum Gasteiger partial charge on any atom is -0.399 e. The first-order valence-electron chi connectivity index (χ1n) is 4.90. The molecule has 2 nitrogen and oxygen atoms in total. The quantitative estimate of drug-likeness (QED) is 0.639. The van der Waals surface area contributed by atoms with Crippen molar-refractivity contribution in [2.75, 3.05) is 5.73 Å². The maximum absolute atomic E-state index is 5.72. The molecule has 2 rings (SSSR count). The van der Waals surface area contributed by atoms with Crippen molar-refractivity contribution in [2.24, 2.45) is 0 Å². The summed E-state index contributed by atoms with van der Waals surface area (Å²) in [6.07, 6.45) is 2.34. The molecule has 0 aliphatic carbocycles. The summed E-state index contributed by atoms with van der Waals surface area (Å²) >= 11 is 0. The third-order valence-corrected chi connectivity index (χ3v) is 2.77. The second-order valence-electron chi connectivity index (χ2n) is 3.72. The monoisotopic (exact) mass is 176 g/mol. The highest BCUT2D eigenvalue weighted by Gasteiger charge is 2.15. The van der Waals surface area contributed by atoms with Crippen molar-refractivity contribution in [3.8, 4) is 0 Å². The Balaban J connectivity index is 2.26. The van der Waals surface area contributed by atoms with Crippen LogP contribution in [0.4, 0.5) is 5.69 Å². The molecule has 1 aliphatic heterocycles. The first-order chi connectivity index (χ1) is 6.29. The number of nitrogen functional groups attached to an aromatic ring is 1. The van der Waals surface area contributed by atoms with E-state index in [0.29, 0.717) is 6.04 Å². The SMILES string of the molecule is CCC1Cc2ccc(N)cc2CN1. The van der Waals surface area contributed by atoms with Gasteiger partial charge < -0.3 is 11.1 Å². The van der Waals surface area contributed by atoms with Crippen LogP contribution in [-0.4, -0.2) is 6.04 Å². The predicted molar refractivity (Wildman–Crippen MR) is 55.5 cm³/mol. The zero-order valence-corrected chi connectivity index (χ0v) is 8.01. The molecule has 3 N–H and O–H groups in total. The average Bonchev–Trinajstić information content (AvgIpc) is 2.17. The number of nitrogens with two attached hydrogens (primary N) is 1. The number of hydrogen-bond donors (Lipinski definition) is 2. The van der Waals surface area contributed by atoms with Crippen molar-refractivity contribution >= 4 is 5.69 Å². The van der Waals surface area contributed by atoms with Crippen molar-refractivity contribution in [3.63, 3.8) is 0 Å². The van der Waals surface area contributed by atoms with Crippen molar-refractivity contribution in [2.45, 2.75) is 32.4 Å². The molecule has 13 heavy (non-hydrogen) atoms. The summed E-state index contributed by atoms with van der Waals surface area (Å²) in [4.78, 5) is 0. The fraction of sp³-hybridized carbons (Fsp3) is 0.455. The zero-order chi connectivity index (χ0) is 9.26. The highest BCUT2D eigenvalue weighted by Crippen LogP contribution is 2.20. The predicted octanol–water partition coefficient (Wildman–Crippen LogP) is 1.69. The summed E-state index contributed by atoms with van der Waals surface area (Å²) in [7, 11) is 0. The molecule has 0 aromatic heterocycles. The van der Waals surface area contributed by atoms with Gasteiger partial charge in [-0.05, 0) is 36.1 Å². The van der Waals surface area contributed by atoms with Gasteiger partial charge in [-0.1, -0.05) is 13.0 Å². The Kier molecular flexibility index (Phi) is 2.23. The molecule has 2 heteroatoms. The summed E-state index contributed by atoms with van der Waals surface area (Å²) in [6, 6.07) is 6.88. The van der Waals surface area contributed by atoms with E-state index in [-0.39, 0.29) is 0 Å². The minimum atomic E-state index is 0.649. The first-order valence-corrected chi connectivity index (χ1v) is 4.90. The summed E-state index contributed by atoms with van der Waals surface area (Å²) in [5.74, 6) is 0. The van der Waals surface area contributed by atoms with Crippen molar-refractivity contribution in [1.29, 1.82) is 0 Å². The van der Waals surface area contributed by atoms with Gasteiger partial charge in [-0.15, -0.1) is 0 Å². The van der Waals surface area contributed by atoms with E-state index < -0.39 is 0 Å². The topological polar surface area (TPSA) is 38.0 Å². The van der Waals surface area contributed by atoms with Crippen LogP contribution in [0.25, 0.3) is 0 Å². The summed E-state index contributed by atoms with van der Waals surface area (Å²) in [6.45, 7) is 3.19. The number of anilines is 1. The Labute approximate surface area is 79.1 Å². The maximum Gasteiger partial charge on any atom is 0.0317 e. The van der Waals surface area contributed by atoms with Gasteiger partial charge in [-0.3, -0.25) is 0 Å². The number of hydrogen-bond acceptors (Lipinski definition) is 2. The van der Waals surface area contributed by atoms with Gasteiger partial charge >= 0.3 is 0 Å². The van der Waals surface area contributed by atoms with Gasteiger partial charge in [0.05, 0.1) is 0 Å². The molecule has 0 radical (unpaired) electrons. The Bertz CT molecular complexity index is 307. The van der Waals surface area contributed by atoms with E-state index >= 15 is 0 Å². The summed E-state index contributed by atoms with van der Waals surface area (Å²) in [5, 5.41) is 3.50. The lowest BCUT2D eigenvalue weighted by molar-refractivity contribution is 0.468. The van der Waals surface area contributed by atoms with Crippen LogP contribution in [0.5, 0.6) is 0 Å². The summed E-state index contributed by atoms with van der Waals surface area (Å²) in [5.41, 5.74) is 9.42. The molecule has 1 heterocycles. The molecular weight excluding hydrogens is 160 g/mol. The van der Waals surface area contributed by atoms with Gasteiger partial charge in [0, 0.05) is 18.3 Å². The van der Waals surface area contributed by atoms with E-state index in [1.54, 1.807) is 0 Å². The van der Waals surface area contributed by atoms with Gasteiger partial charge in [0.25, 0.3) is 0 Å². The lowest BCUT2D eigenvalue weighted by Gasteiger charge is -2.25. The number of benzene rings is 1. The van der Waals surface area contributed by atoms with Crippen LogP contribution < -0.4 is 11.1 Å². The molecule has 0 spiro atoms. The molecule has 1 unspecified atom stereocenters. The fourth-order valence-electron chi connectivity index (χ4n) is 1.89. The Morgan fingerprint density at radius 1 is 1.46 bits per heavy atom. The minimum absolute atomic E-state index is 0.649. The first kappa shape index (κ1) is 8.57. The molecule has 0 saturated carbocycles. The fourth-order valence-corrected chi connectivity index (χ4v) is 1.89. The molecule has 1 aliphatic rings. The van der Waals surface area contributed by atoms with Gasteiger partial charge in [0.2, 0.25) is 0 Å². The Morgan fingerprint density at radius 2 is 2.31 bits per heavy atom. The van der Waals surface area contributed by atoms with Crippen LogP contribution in [0.15, 0.2) is 18.2 Å². The lowest BCUT2D eigenvalue weighted by Crippen LogP contribution is -2.34. The van der Waals surface area contributed by atoms with Crippen LogP contribution in [0.3, 0.4) is 0 Å². The van der Waals surface area contributed by atoms with E-state index in [4.69, 9.17) is 5.73 Å². The van der Waals surface area contributed by atoms with E-state index in [9.17, 15) is 0 Å².